The van der Waals surface area contributed by atoms with Gasteiger partial charge in [0.25, 0.3) is 5.91 Å². The van der Waals surface area contributed by atoms with Crippen LogP contribution in [0.2, 0.25) is 0 Å². The lowest BCUT2D eigenvalue weighted by Gasteiger charge is -2.34. The molecule has 0 bridgehead atoms. The highest BCUT2D eigenvalue weighted by Crippen LogP contribution is 2.31. The van der Waals surface area contributed by atoms with E-state index in [9.17, 15) is 29.4 Å². The van der Waals surface area contributed by atoms with Crippen molar-refractivity contribution in [1.29, 1.82) is 0 Å². The second-order valence-corrected chi connectivity index (χ2v) is 16.2. The molecule has 3 aliphatic rings. The van der Waals surface area contributed by atoms with Crippen molar-refractivity contribution in [2.75, 3.05) is 55.3 Å². The number of unbranched alkanes of at least 4 members (excludes halogenated alkanes) is 2. The van der Waals surface area contributed by atoms with E-state index in [-0.39, 0.29) is 42.7 Å². The second-order valence-electron chi connectivity index (χ2n) is 16.2. The monoisotopic (exact) mass is 808 g/mol. The number of nitrogens with zero attached hydrogens (tertiary/aromatic N) is 6. The number of carbonyl (C=O) groups excluding carboxylic acids is 4. The van der Waals surface area contributed by atoms with Crippen LogP contribution in [-0.4, -0.2) is 121 Å². The van der Waals surface area contributed by atoms with E-state index in [1.54, 1.807) is 16.3 Å². The maximum Gasteiger partial charge on any atom is 0.321 e. The summed E-state index contributed by atoms with van der Waals surface area (Å²) in [5.41, 5.74) is 6.21. The molecule has 16 heteroatoms. The molecule has 4 aromatic rings. The summed E-state index contributed by atoms with van der Waals surface area (Å²) in [7, 11) is 0. The summed E-state index contributed by atoms with van der Waals surface area (Å²) in [4.78, 5) is 61.0. The molecule has 3 atom stereocenters. The minimum Gasteiger partial charge on any atom is -0.394 e. The summed E-state index contributed by atoms with van der Waals surface area (Å²) in [6, 6.07) is 14.1. The van der Waals surface area contributed by atoms with Crippen molar-refractivity contribution in [1.82, 2.24) is 34.6 Å². The van der Waals surface area contributed by atoms with E-state index < -0.39 is 18.2 Å². The average Bonchev–Trinajstić information content (AvgIpc) is 3.81. The van der Waals surface area contributed by atoms with Crippen molar-refractivity contribution in [3.05, 3.63) is 82.5 Å². The van der Waals surface area contributed by atoms with E-state index in [1.165, 1.54) is 0 Å². The number of amides is 5. The summed E-state index contributed by atoms with van der Waals surface area (Å²) in [5.74, 6) is 0.614. The maximum absolute atomic E-state index is 13.2. The number of carbonyl (C=O) groups is 4. The van der Waals surface area contributed by atoms with Gasteiger partial charge in [0, 0.05) is 68.6 Å². The third-order valence-electron chi connectivity index (χ3n) is 11.7. The van der Waals surface area contributed by atoms with Crippen molar-refractivity contribution in [3.8, 4) is 0 Å². The van der Waals surface area contributed by atoms with Crippen LogP contribution >= 0.6 is 0 Å². The van der Waals surface area contributed by atoms with E-state index in [2.05, 4.69) is 51.2 Å². The molecule has 0 saturated carbocycles. The molecule has 16 nitrogen and oxygen atoms in total. The normalized spacial score (nSPS) is 18.3. The van der Waals surface area contributed by atoms with E-state index in [0.29, 0.717) is 55.4 Å². The Bertz CT molecular complexity index is 2150. The number of benzene rings is 2. The third kappa shape index (κ3) is 9.67. The first-order chi connectivity index (χ1) is 28.5. The summed E-state index contributed by atoms with van der Waals surface area (Å²) >= 11 is 0. The number of urea groups is 1. The van der Waals surface area contributed by atoms with Gasteiger partial charge in [0.05, 0.1) is 24.9 Å². The van der Waals surface area contributed by atoms with E-state index in [0.717, 1.165) is 73.3 Å². The predicted molar refractivity (Wildman–Crippen MR) is 224 cm³/mol. The molecule has 2 saturated heterocycles. The number of aliphatic hydroxyl groups excluding tert-OH is 2. The lowest BCUT2D eigenvalue weighted by molar-refractivity contribution is -0.136. The van der Waals surface area contributed by atoms with E-state index in [4.69, 9.17) is 4.98 Å². The van der Waals surface area contributed by atoms with Crippen LogP contribution in [0.4, 0.5) is 22.1 Å². The topological polar surface area (TPSA) is 197 Å². The number of imide groups is 1. The maximum atomic E-state index is 13.2. The van der Waals surface area contributed by atoms with Crippen LogP contribution in [0, 0.1) is 0 Å². The number of aryl methyl sites for hydroxylation is 1. The van der Waals surface area contributed by atoms with Crippen molar-refractivity contribution >= 4 is 46.7 Å². The van der Waals surface area contributed by atoms with Gasteiger partial charge in [-0.25, -0.2) is 9.78 Å². The first-order valence-corrected chi connectivity index (χ1v) is 20.8. The molecular formula is C43H56N10O6. The number of hydrogen-bond donors (Lipinski definition) is 6. The molecule has 5 heterocycles. The Labute approximate surface area is 344 Å². The largest absolute Gasteiger partial charge is 0.394 e. The van der Waals surface area contributed by atoms with Crippen LogP contribution in [0.3, 0.4) is 0 Å². The van der Waals surface area contributed by atoms with Gasteiger partial charge >= 0.3 is 6.03 Å². The van der Waals surface area contributed by atoms with Gasteiger partial charge in [0.1, 0.15) is 17.7 Å². The van der Waals surface area contributed by atoms with Crippen LogP contribution in [0.25, 0.3) is 5.65 Å². The van der Waals surface area contributed by atoms with Crippen LogP contribution in [0.1, 0.15) is 91.4 Å². The van der Waals surface area contributed by atoms with Crippen LogP contribution in [-0.2, 0) is 29.1 Å². The summed E-state index contributed by atoms with van der Waals surface area (Å²) in [5, 5.41) is 36.4. The molecule has 59 heavy (non-hydrogen) atoms. The number of piperidine rings is 1. The van der Waals surface area contributed by atoms with Gasteiger partial charge in [-0.05, 0) is 80.0 Å². The Morgan fingerprint density at radius 1 is 1.00 bits per heavy atom. The molecule has 0 spiro atoms. The molecule has 5 amide bonds. The molecule has 7 rings (SSSR count). The second kappa shape index (κ2) is 18.6. The molecule has 2 aromatic carbocycles. The van der Waals surface area contributed by atoms with Gasteiger partial charge in [-0.2, -0.15) is 9.61 Å². The fourth-order valence-corrected chi connectivity index (χ4v) is 8.08. The third-order valence-corrected chi connectivity index (χ3v) is 11.7. The standard InChI is InChI=1S/C43H56N10O6/c1-27(2)33-24-45-53-38(22-37(48-40(33)53)47-35(26-54)28(3)55)44-23-29-11-13-31(14-12-29)46-43(59)51-20-18-50(19-21-51)17-6-4-5-8-30-9-7-10-32-34(30)25-52(42(32)58)36-15-16-39(56)49-41(36)57/h7,9-14,22,24,27-28,35-36,44,54-55H,4-6,8,15-21,23,25-26H2,1-3H3,(H,46,59)(H,47,48)(H,49,56,57)/t28-,35-,36?/m0/s1. The van der Waals surface area contributed by atoms with E-state index in [1.807, 2.05) is 53.6 Å². The number of anilines is 3. The molecule has 1 unspecified atom stereocenters. The Hall–Kier alpha value is -5.58. The molecule has 2 aromatic heterocycles. The van der Waals surface area contributed by atoms with Gasteiger partial charge in [0.2, 0.25) is 11.8 Å². The highest BCUT2D eigenvalue weighted by molar-refractivity contribution is 6.05. The van der Waals surface area contributed by atoms with E-state index >= 15 is 0 Å². The fraction of sp³-hybridized carbons (Fsp3) is 0.488. The Morgan fingerprint density at radius 2 is 1.78 bits per heavy atom. The summed E-state index contributed by atoms with van der Waals surface area (Å²) in [6.45, 7) is 10.3. The Kier molecular flexibility index (Phi) is 13.1. The Morgan fingerprint density at radius 3 is 2.49 bits per heavy atom. The van der Waals surface area contributed by atoms with Crippen molar-refractivity contribution < 1.29 is 29.4 Å². The van der Waals surface area contributed by atoms with Crippen molar-refractivity contribution in [3.63, 3.8) is 0 Å². The van der Waals surface area contributed by atoms with Crippen LogP contribution in [0.15, 0.2) is 54.7 Å². The Balaban J connectivity index is 0.832. The molecule has 0 radical (unpaired) electrons. The number of fused-ring (bicyclic) bond motifs is 2. The van der Waals surface area contributed by atoms with Gasteiger partial charge < -0.3 is 36.0 Å². The van der Waals surface area contributed by atoms with Crippen LogP contribution in [0.5, 0.6) is 0 Å². The van der Waals surface area contributed by atoms with Crippen molar-refractivity contribution in [2.45, 2.75) is 96.5 Å². The van der Waals surface area contributed by atoms with Crippen LogP contribution < -0.4 is 21.3 Å². The molecule has 314 valence electrons. The van der Waals surface area contributed by atoms with Gasteiger partial charge in [0.15, 0.2) is 5.65 Å². The minimum atomic E-state index is -0.774. The lowest BCUT2D eigenvalue weighted by atomic mass is 9.98. The average molecular weight is 809 g/mol. The SMILES string of the molecule is CC(C)c1cnn2c(NCc3ccc(NC(=O)N4CCN(CCCCCc5cccc6c5CN(C5CCC(=O)NC5=O)C6=O)CC4)cc3)cc(N[C@@H](CO)[C@H](C)O)nc12. The van der Waals surface area contributed by atoms with Gasteiger partial charge in [-0.1, -0.05) is 44.5 Å². The molecular weight excluding hydrogens is 753 g/mol. The zero-order valence-electron chi connectivity index (χ0n) is 34.1. The summed E-state index contributed by atoms with van der Waals surface area (Å²) < 4.78 is 1.76. The smallest absolute Gasteiger partial charge is 0.321 e. The predicted octanol–water partition coefficient (Wildman–Crippen LogP) is 3.94. The first kappa shape index (κ1) is 41.6. The number of rotatable bonds is 16. The molecule has 2 fully saturated rings. The number of nitrogens with one attached hydrogen (secondary N) is 4. The number of aliphatic hydroxyl groups is 2. The molecule has 6 N–H and O–H groups in total. The van der Waals surface area contributed by atoms with Gasteiger partial charge in [-0.15, -0.1) is 0 Å². The molecule has 3 aliphatic heterocycles. The summed E-state index contributed by atoms with van der Waals surface area (Å²) in [6.07, 6.45) is 5.58. The number of aromatic nitrogens is 3. The minimum absolute atomic E-state index is 0.113. The zero-order valence-corrected chi connectivity index (χ0v) is 34.1. The van der Waals surface area contributed by atoms with Crippen molar-refractivity contribution in [2.24, 2.45) is 0 Å². The number of piperazine rings is 1. The quantitative estimate of drug-likeness (QED) is 0.0709. The number of hydrogen-bond acceptors (Lipinski definition) is 11. The molecule has 0 aliphatic carbocycles. The fourth-order valence-electron chi connectivity index (χ4n) is 8.08. The highest BCUT2D eigenvalue weighted by atomic mass is 16.3. The van der Waals surface area contributed by atoms with Gasteiger partial charge in [-0.3, -0.25) is 24.6 Å². The zero-order chi connectivity index (χ0) is 41.6. The first-order valence-electron chi connectivity index (χ1n) is 20.8. The highest BCUT2D eigenvalue weighted by Gasteiger charge is 2.39. The lowest BCUT2D eigenvalue weighted by Crippen LogP contribution is -2.52.